The molecule has 0 radical (unpaired) electrons. The third kappa shape index (κ3) is 11.0. The molecule has 0 aromatic carbocycles. The highest BCUT2D eigenvalue weighted by molar-refractivity contribution is 7.74. The second-order valence-corrected chi connectivity index (χ2v) is 16.3. The van der Waals surface area contributed by atoms with Gasteiger partial charge in [-0.15, -0.1) is 0 Å². The van der Waals surface area contributed by atoms with Crippen molar-refractivity contribution < 1.29 is 123 Å². The van der Waals surface area contributed by atoms with E-state index in [9.17, 15) is 62.8 Å². The molecule has 1 saturated carbocycles. The summed E-state index contributed by atoms with van der Waals surface area (Å²) < 4.78 is 97.6. The lowest BCUT2D eigenvalue weighted by Crippen LogP contribution is -2.71. The summed E-state index contributed by atoms with van der Waals surface area (Å²) in [5, 5.41) is 59.4. The monoisotopic (exact) mass is 718 g/mol. The number of aliphatic hydroxyl groups is 6. The van der Waals surface area contributed by atoms with Gasteiger partial charge in [-0.2, -0.15) is 21.6 Å². The number of hydrogen-bond acceptors (Lipinski definition) is 20. The summed E-state index contributed by atoms with van der Waals surface area (Å²) in [6, 6.07) is 0. The van der Waals surface area contributed by atoms with E-state index in [4.69, 9.17) is 29.4 Å². The van der Waals surface area contributed by atoms with Crippen molar-refractivity contribution in [1.29, 1.82) is 0 Å². The highest BCUT2D eigenvalue weighted by Gasteiger charge is 2.64. The van der Waals surface area contributed by atoms with Crippen molar-refractivity contribution in [3.8, 4) is 0 Å². The lowest BCUT2D eigenvalue weighted by molar-refractivity contribution is -0.336. The quantitative estimate of drug-likeness (QED) is 0.0657. The molecule has 0 bridgehead atoms. The molecule has 1 rings (SSSR count). The molecule has 0 saturated heterocycles. The lowest BCUT2D eigenvalue weighted by Gasteiger charge is -2.47. The molecule has 32 heteroatoms. The zero-order valence-electron chi connectivity index (χ0n) is 18.7. The molecule has 0 aromatic rings. The normalized spacial score (nSPS) is 31.7. The van der Waals surface area contributed by atoms with Gasteiger partial charge in [0.25, 0.3) is 0 Å². The minimum atomic E-state index is -6.91. The molecule has 238 valence electrons. The fraction of sp³-hybridized carbons (Fsp3) is 0.875. The van der Waals surface area contributed by atoms with Crippen molar-refractivity contribution in [2.75, 3.05) is 0 Å². The largest absolute Gasteiger partial charge is 0.550 e. The Morgan fingerprint density at radius 1 is 0.575 bits per heavy atom. The molecule has 0 spiro atoms. The molecule has 1 aliphatic carbocycles. The van der Waals surface area contributed by atoms with E-state index in [1.54, 1.807) is 0 Å². The van der Waals surface area contributed by atoms with Crippen LogP contribution in [-0.4, -0.2) is 102 Å². The van der Waals surface area contributed by atoms with Crippen LogP contribution in [-0.2, 0) is 62.8 Å². The molecule has 0 aliphatic heterocycles. The smallest absolute Gasteiger partial charge is 0.387 e. The minimum Gasteiger partial charge on any atom is -0.387 e. The van der Waals surface area contributed by atoms with Crippen LogP contribution in [0.5, 0.6) is 0 Å². The van der Waals surface area contributed by atoms with Crippen molar-refractivity contribution in [2.45, 2.75) is 43.2 Å². The molecule has 0 aromatic heterocycles. The number of phosphoric acid groups is 6. The van der Waals surface area contributed by atoms with Crippen LogP contribution in [0.3, 0.4) is 0 Å². The fourth-order valence-electron chi connectivity index (χ4n) is 2.46. The average Bonchev–Trinajstić information content (AvgIpc) is 2.63. The molecular weight excluding hydrogens is 698 g/mol. The van der Waals surface area contributed by atoms with E-state index in [-0.39, 0.29) is 6.92 Å². The van der Waals surface area contributed by atoms with Gasteiger partial charge < -0.3 is 64.5 Å². The van der Waals surface area contributed by atoms with Crippen LogP contribution in [0.15, 0.2) is 0 Å². The molecule has 4 unspecified atom stereocenters. The average molecular weight is 718 g/mol. The summed E-state index contributed by atoms with van der Waals surface area (Å²) in [5.74, 6) is -6.20. The molecule has 1 aliphatic rings. The molecule has 0 amide bonds. The third-order valence-electron chi connectivity index (χ3n) is 3.71. The third-order valence-corrected chi connectivity index (χ3v) is 12.9. The number of carbonyl (C=O) groups is 1. The Kier molecular flexibility index (Phi) is 12.0. The molecular formula is C8H20O26P6. The Labute approximate surface area is 219 Å². The van der Waals surface area contributed by atoms with E-state index < -0.39 is 89.2 Å². The van der Waals surface area contributed by atoms with Gasteiger partial charge in [0.05, 0.1) is 0 Å². The van der Waals surface area contributed by atoms with Gasteiger partial charge in [-0.1, -0.05) is 0 Å². The van der Waals surface area contributed by atoms with E-state index in [0.717, 1.165) is 0 Å². The van der Waals surface area contributed by atoms with E-state index in [0.29, 0.717) is 0 Å². The number of rotatable bonds is 13. The number of aliphatic hydroxyl groups excluding tert-OH is 5. The van der Waals surface area contributed by atoms with E-state index in [1.165, 1.54) is 0 Å². The van der Waals surface area contributed by atoms with Gasteiger partial charge in [0, 0.05) is 6.92 Å². The van der Waals surface area contributed by atoms with Gasteiger partial charge in [0.1, 0.15) is 30.5 Å². The van der Waals surface area contributed by atoms with Gasteiger partial charge in [-0.3, -0.25) is 4.79 Å². The minimum absolute atomic E-state index is 0.254. The summed E-state index contributed by atoms with van der Waals surface area (Å²) in [6.07, 6.45) is -14.3. The second kappa shape index (κ2) is 12.6. The van der Waals surface area contributed by atoms with Crippen molar-refractivity contribution in [2.24, 2.45) is 0 Å². The van der Waals surface area contributed by atoms with Gasteiger partial charge in [0.15, 0.2) is 0 Å². The Bertz CT molecular complexity index is 1180. The van der Waals surface area contributed by atoms with Crippen LogP contribution in [0.4, 0.5) is 0 Å². The van der Waals surface area contributed by atoms with E-state index >= 15 is 0 Å². The predicted molar refractivity (Wildman–Crippen MR) is 112 cm³/mol. The van der Waals surface area contributed by atoms with Crippen LogP contribution in [0.25, 0.3) is 0 Å². The van der Waals surface area contributed by atoms with Crippen LogP contribution < -0.4 is 0 Å². The Balaban J connectivity index is 3.74. The SMILES string of the molecule is CC(=O)OP(=O)(OP(=O)(OC1(O)[C@H](O)[C@H](O)C(O)[C@H](O)[C@H]1O)OP(=O)(O)O)OP(=O)(OP(=O)(O)O)OP(=O)(O)O. The summed E-state index contributed by atoms with van der Waals surface area (Å²) in [5.41, 5.74) is 0. The van der Waals surface area contributed by atoms with Gasteiger partial charge in [-0.25, -0.2) is 31.9 Å². The second-order valence-electron chi connectivity index (χ2n) is 7.01. The van der Waals surface area contributed by atoms with E-state index in [1.807, 2.05) is 0 Å². The van der Waals surface area contributed by atoms with Crippen LogP contribution in [0.1, 0.15) is 6.92 Å². The molecule has 12 N–H and O–H groups in total. The maximum absolute atomic E-state index is 13.1. The topological polar surface area (TPSA) is 427 Å². The highest BCUT2D eigenvalue weighted by atomic mass is 31.3. The zero-order valence-corrected chi connectivity index (χ0v) is 24.0. The lowest BCUT2D eigenvalue weighted by atomic mass is 9.82. The van der Waals surface area contributed by atoms with Crippen LogP contribution in [0.2, 0.25) is 0 Å². The molecule has 1 fully saturated rings. The first kappa shape index (κ1) is 38.2. The first-order valence-electron chi connectivity index (χ1n) is 9.02. The highest BCUT2D eigenvalue weighted by Crippen LogP contribution is 2.79. The summed E-state index contributed by atoms with van der Waals surface area (Å²) in [6.45, 7) is 0.254. The Morgan fingerprint density at radius 2 is 0.900 bits per heavy atom. The van der Waals surface area contributed by atoms with Gasteiger partial charge in [-0.05, 0) is 0 Å². The van der Waals surface area contributed by atoms with Crippen molar-refractivity contribution in [3.05, 3.63) is 0 Å². The molecule has 8 atom stereocenters. The standard InChI is InChI=1S/C8H20O26P6/c1-2(9)28-38(25,34-40(27,31-36(19,20)21)32-37(22,23)24)33-39(26,30-35(16,17)18)29-8(15)6(13)4(11)3(10)5(12)7(8)14/h3-7,10-15H,1H3,(H2,16,17,18)(H2,19,20,21)(H2,22,23,24)/t3?,4-,5+,6-,7-,8?,38?,39?/m1/s1. The fourth-order valence-corrected chi connectivity index (χ4v) is 10.9. The zero-order chi connectivity index (χ0) is 31.9. The van der Waals surface area contributed by atoms with Crippen molar-refractivity contribution in [3.63, 3.8) is 0 Å². The summed E-state index contributed by atoms with van der Waals surface area (Å²) >= 11 is 0. The first-order valence-corrected chi connectivity index (χ1v) is 18.0. The number of carbonyl (C=O) groups excluding carboxylic acids is 1. The van der Waals surface area contributed by atoms with Crippen LogP contribution in [0, 0.1) is 0 Å². The molecule has 0 heterocycles. The van der Waals surface area contributed by atoms with Gasteiger partial charge >= 0.3 is 52.9 Å². The Morgan fingerprint density at radius 3 is 1.23 bits per heavy atom. The molecule has 40 heavy (non-hydrogen) atoms. The Hall–Kier alpha value is 0.130. The molecule has 26 nitrogen and oxygen atoms in total. The maximum atomic E-state index is 13.1. The van der Waals surface area contributed by atoms with Crippen molar-refractivity contribution >= 4 is 52.9 Å². The maximum Gasteiger partial charge on any atom is 0.550 e. The predicted octanol–water partition coefficient (Wildman–Crippen LogP) is -3.24. The van der Waals surface area contributed by atoms with Crippen molar-refractivity contribution in [1.82, 2.24) is 0 Å². The number of hydrogen-bond donors (Lipinski definition) is 12. The van der Waals surface area contributed by atoms with Gasteiger partial charge in [0.2, 0.25) is 5.79 Å². The summed E-state index contributed by atoms with van der Waals surface area (Å²) in [4.78, 5) is 64.6. The summed E-state index contributed by atoms with van der Waals surface area (Å²) in [7, 11) is -39.4. The van der Waals surface area contributed by atoms with Crippen LogP contribution >= 0.6 is 46.9 Å². The first-order chi connectivity index (χ1) is 17.5. The van der Waals surface area contributed by atoms with E-state index in [2.05, 4.69) is 30.6 Å².